The summed E-state index contributed by atoms with van der Waals surface area (Å²) in [5.41, 5.74) is 1.53. The molecule has 32 heavy (non-hydrogen) atoms. The molecule has 10 nitrogen and oxygen atoms in total. The van der Waals surface area contributed by atoms with Crippen molar-refractivity contribution in [2.45, 2.75) is 26.4 Å². The fourth-order valence-electron chi connectivity index (χ4n) is 3.65. The summed E-state index contributed by atoms with van der Waals surface area (Å²) in [6.07, 6.45) is 0. The Kier molecular flexibility index (Phi) is 5.99. The van der Waals surface area contributed by atoms with Gasteiger partial charge in [0.2, 0.25) is 0 Å². The van der Waals surface area contributed by atoms with Crippen LogP contribution in [0.15, 0.2) is 36.4 Å². The second kappa shape index (κ2) is 8.58. The molecule has 3 heterocycles. The molecule has 1 fully saturated rings. The first-order chi connectivity index (χ1) is 15.1. The Labute approximate surface area is 188 Å². The van der Waals surface area contributed by atoms with Crippen molar-refractivity contribution in [1.29, 1.82) is 0 Å². The molecule has 1 aromatic carbocycles. The van der Waals surface area contributed by atoms with Crippen LogP contribution in [0.5, 0.6) is 0 Å². The molecule has 2 N–H and O–H groups in total. The maximum absolute atomic E-state index is 12.8. The second-order valence-electron chi connectivity index (χ2n) is 8.28. The zero-order valence-corrected chi connectivity index (χ0v) is 18.9. The van der Waals surface area contributed by atoms with Crippen molar-refractivity contribution in [3.8, 4) is 0 Å². The van der Waals surface area contributed by atoms with Gasteiger partial charge in [0.05, 0.1) is 11.3 Å². The molecule has 170 valence electrons. The van der Waals surface area contributed by atoms with E-state index in [-0.39, 0.29) is 5.91 Å². The summed E-state index contributed by atoms with van der Waals surface area (Å²) in [4.78, 5) is 19.3. The van der Waals surface area contributed by atoms with E-state index < -0.39 is 16.9 Å². The van der Waals surface area contributed by atoms with E-state index in [0.29, 0.717) is 48.8 Å². The second-order valence-corrected chi connectivity index (χ2v) is 9.23. The normalized spacial score (nSPS) is 16.3. The number of carbonyl (C=O) groups excluding carboxylic acids is 1. The lowest BCUT2D eigenvalue weighted by molar-refractivity contribution is 0.0785. The van der Waals surface area contributed by atoms with Crippen molar-refractivity contribution in [3.63, 3.8) is 0 Å². The first kappa shape index (κ1) is 22.3. The van der Waals surface area contributed by atoms with E-state index in [1.807, 2.05) is 17.9 Å². The lowest BCUT2D eigenvalue weighted by Gasteiger charge is -2.36. The van der Waals surface area contributed by atoms with E-state index in [0.717, 1.165) is 11.5 Å². The minimum atomic E-state index is -2.24. The highest BCUT2D eigenvalue weighted by molar-refractivity contribution is 7.76. The van der Waals surface area contributed by atoms with Crippen LogP contribution in [-0.4, -0.2) is 64.9 Å². The summed E-state index contributed by atoms with van der Waals surface area (Å²) >= 11 is -2.24. The molecule has 1 saturated heterocycles. The molecule has 0 bridgehead atoms. The number of aryl methyl sites for hydroxylation is 1. The topological polar surface area (TPSA) is 126 Å². The summed E-state index contributed by atoms with van der Waals surface area (Å²) in [6.45, 7) is 6.97. The smallest absolute Gasteiger partial charge is 0.256 e. The van der Waals surface area contributed by atoms with Gasteiger partial charge in [-0.3, -0.25) is 9.00 Å². The Morgan fingerprint density at radius 3 is 2.41 bits per heavy atom. The molecule has 1 aliphatic heterocycles. The van der Waals surface area contributed by atoms with E-state index in [9.17, 15) is 18.7 Å². The summed E-state index contributed by atoms with van der Waals surface area (Å²) in [5, 5.41) is 17.4. The molecule has 0 spiro atoms. The Hall–Kier alpha value is -2.86. The molecule has 11 heteroatoms. The Morgan fingerprint density at radius 1 is 1.16 bits per heavy atom. The zero-order valence-electron chi connectivity index (χ0n) is 18.1. The van der Waals surface area contributed by atoms with Crippen LogP contribution in [-0.2, 0) is 16.9 Å². The monoisotopic (exact) mass is 457 g/mol. The summed E-state index contributed by atoms with van der Waals surface area (Å²) in [5.74, 6) is 0.781. The van der Waals surface area contributed by atoms with Crippen LogP contribution in [0.4, 0.5) is 11.6 Å². The first-order valence-corrected chi connectivity index (χ1v) is 11.3. The van der Waals surface area contributed by atoms with Gasteiger partial charge in [-0.25, -0.2) is 9.29 Å². The number of nitrogens with zero attached hydrogens (tertiary/aromatic N) is 5. The number of anilines is 2. The molecular weight excluding hydrogens is 432 g/mol. The van der Waals surface area contributed by atoms with Crippen LogP contribution >= 0.6 is 0 Å². The molecule has 2 aromatic heterocycles. The highest BCUT2D eigenvalue weighted by Gasteiger charge is 2.22. The molecule has 0 saturated carbocycles. The molecule has 1 aliphatic rings. The molecule has 1 amide bonds. The third-order valence-electron chi connectivity index (χ3n) is 5.40. The summed E-state index contributed by atoms with van der Waals surface area (Å²) in [7, 11) is 0. The number of aliphatic hydroxyl groups is 1. The van der Waals surface area contributed by atoms with E-state index in [2.05, 4.69) is 15.4 Å². The lowest BCUT2D eigenvalue weighted by atomic mass is 9.97. The van der Waals surface area contributed by atoms with Gasteiger partial charge in [0, 0.05) is 55.1 Å². The number of amides is 1. The Balaban J connectivity index is 1.59. The van der Waals surface area contributed by atoms with Gasteiger partial charge in [-0.05, 0) is 38.5 Å². The largest absolute Gasteiger partial charge is 0.760 e. The zero-order chi connectivity index (χ0) is 23.0. The van der Waals surface area contributed by atoms with Gasteiger partial charge in [-0.15, -0.1) is 0 Å². The fourth-order valence-corrected chi connectivity index (χ4v) is 4.11. The number of benzene rings is 1. The number of aromatic nitrogens is 3. The van der Waals surface area contributed by atoms with Gasteiger partial charge in [0.15, 0.2) is 5.65 Å². The number of carbonyl (C=O) groups is 1. The summed E-state index contributed by atoms with van der Waals surface area (Å²) < 4.78 is 25.5. The van der Waals surface area contributed by atoms with Crippen molar-refractivity contribution in [3.05, 3.63) is 53.2 Å². The molecule has 4 rings (SSSR count). The standard InChI is InChI=1S/C21H26N6O4S/c1-14-12-18-22-17(23-20(28)15-4-6-16(7-5-15)21(2,3)29)13-19(27(18)24-14)25-8-10-26(11-9-25)32(30)31/h4-7,12-13,29H,8-11H2,1-3H3,(H,30,31)(H,22,23,28)/p-1. The van der Waals surface area contributed by atoms with E-state index in [4.69, 9.17) is 0 Å². The molecule has 1 atom stereocenters. The fraction of sp³-hybridized carbons (Fsp3) is 0.381. The molecule has 1 unspecified atom stereocenters. The number of hydrogen-bond donors (Lipinski definition) is 2. The van der Waals surface area contributed by atoms with Crippen LogP contribution < -0.4 is 10.2 Å². The van der Waals surface area contributed by atoms with Crippen molar-refractivity contribution in [2.75, 3.05) is 36.4 Å². The van der Waals surface area contributed by atoms with Crippen molar-refractivity contribution < 1.29 is 18.7 Å². The first-order valence-electron chi connectivity index (χ1n) is 10.2. The Morgan fingerprint density at radius 2 is 1.81 bits per heavy atom. The van der Waals surface area contributed by atoms with Gasteiger partial charge in [-0.1, -0.05) is 12.1 Å². The summed E-state index contributed by atoms with van der Waals surface area (Å²) in [6, 6.07) is 10.3. The maximum Gasteiger partial charge on any atom is 0.256 e. The number of hydrogen-bond acceptors (Lipinski definition) is 7. The number of rotatable bonds is 5. The van der Waals surface area contributed by atoms with Crippen LogP contribution in [0.2, 0.25) is 0 Å². The van der Waals surface area contributed by atoms with Crippen molar-refractivity contribution in [1.82, 2.24) is 18.9 Å². The van der Waals surface area contributed by atoms with Gasteiger partial charge in [0.25, 0.3) is 5.91 Å². The SMILES string of the molecule is Cc1cc2nc(NC(=O)c3ccc(C(C)(C)O)cc3)cc(N3CCN(S(=O)[O-])CC3)n2n1. The van der Waals surface area contributed by atoms with Gasteiger partial charge in [0.1, 0.15) is 11.6 Å². The maximum atomic E-state index is 12.8. The predicted octanol–water partition coefficient (Wildman–Crippen LogP) is 1.43. The minimum Gasteiger partial charge on any atom is -0.760 e. The van der Waals surface area contributed by atoms with Gasteiger partial charge in [-0.2, -0.15) is 9.61 Å². The number of fused-ring (bicyclic) bond motifs is 1. The molecule has 0 aliphatic carbocycles. The average Bonchev–Trinajstić information content (AvgIpc) is 3.12. The van der Waals surface area contributed by atoms with E-state index in [1.54, 1.807) is 48.7 Å². The molecule has 0 radical (unpaired) electrons. The Bertz CT molecular complexity index is 1160. The minimum absolute atomic E-state index is 0.321. The van der Waals surface area contributed by atoms with Crippen molar-refractivity contribution >= 4 is 34.5 Å². The van der Waals surface area contributed by atoms with Crippen molar-refractivity contribution in [2.24, 2.45) is 0 Å². The molecular formula is C21H25N6O4S-. The van der Waals surface area contributed by atoms with E-state index in [1.165, 1.54) is 4.31 Å². The van der Waals surface area contributed by atoms with Crippen LogP contribution in [0.25, 0.3) is 5.65 Å². The predicted molar refractivity (Wildman–Crippen MR) is 120 cm³/mol. The van der Waals surface area contributed by atoms with Crippen LogP contribution in [0.3, 0.4) is 0 Å². The highest BCUT2D eigenvalue weighted by Crippen LogP contribution is 2.24. The average molecular weight is 458 g/mol. The van der Waals surface area contributed by atoms with Gasteiger partial charge < -0.3 is 19.9 Å². The number of nitrogens with one attached hydrogen (secondary N) is 1. The van der Waals surface area contributed by atoms with Crippen LogP contribution in [0, 0.1) is 6.92 Å². The molecule has 3 aromatic rings. The highest BCUT2D eigenvalue weighted by atomic mass is 32.2. The third kappa shape index (κ3) is 4.65. The van der Waals surface area contributed by atoms with E-state index >= 15 is 0 Å². The quantitative estimate of drug-likeness (QED) is 0.555. The van der Waals surface area contributed by atoms with Crippen LogP contribution in [0.1, 0.15) is 35.5 Å². The third-order valence-corrected chi connectivity index (χ3v) is 6.19. The van der Waals surface area contributed by atoms with Gasteiger partial charge >= 0.3 is 0 Å². The number of piperazine rings is 1. The lowest BCUT2D eigenvalue weighted by Crippen LogP contribution is -2.47.